The Labute approximate surface area is 64.1 Å². The van der Waals surface area contributed by atoms with Crippen molar-refractivity contribution in [3.8, 4) is 0 Å². The standard InChI is InChI=1S/C7H5FN2.CH4/c8-5-1-2-6-7(3-5)10-4-9-6;/h1-4H,(H,9,10);1H4. The van der Waals surface area contributed by atoms with Crippen LogP contribution in [0.25, 0.3) is 11.0 Å². The van der Waals surface area contributed by atoms with Crippen LogP contribution in [-0.2, 0) is 0 Å². The van der Waals surface area contributed by atoms with Crippen LogP contribution >= 0.6 is 0 Å². The summed E-state index contributed by atoms with van der Waals surface area (Å²) in [6, 6.07) is 4.45. The molecular formula is C8H9FN2. The highest BCUT2D eigenvalue weighted by atomic mass is 19.1. The predicted octanol–water partition coefficient (Wildman–Crippen LogP) is 2.34. The average molecular weight is 152 g/mol. The first-order valence-corrected chi connectivity index (χ1v) is 2.95. The van der Waals surface area contributed by atoms with Crippen molar-refractivity contribution in [3.05, 3.63) is 30.3 Å². The van der Waals surface area contributed by atoms with Gasteiger partial charge in [0.2, 0.25) is 0 Å². The number of H-pyrrole nitrogens is 1. The Morgan fingerprint density at radius 3 is 3.00 bits per heavy atom. The number of nitrogens with zero attached hydrogens (tertiary/aromatic N) is 1. The van der Waals surface area contributed by atoms with Crippen molar-refractivity contribution in [2.24, 2.45) is 0 Å². The quantitative estimate of drug-likeness (QED) is 0.616. The molecule has 0 bridgehead atoms. The zero-order valence-electron chi connectivity index (χ0n) is 5.13. The number of hydrogen-bond donors (Lipinski definition) is 1. The number of aromatic nitrogens is 2. The molecule has 2 nitrogen and oxygen atoms in total. The molecule has 1 aromatic carbocycles. The zero-order valence-corrected chi connectivity index (χ0v) is 5.13. The third kappa shape index (κ3) is 1.22. The Morgan fingerprint density at radius 1 is 1.36 bits per heavy atom. The van der Waals surface area contributed by atoms with Gasteiger partial charge >= 0.3 is 0 Å². The summed E-state index contributed by atoms with van der Waals surface area (Å²) in [5.74, 6) is -0.239. The maximum absolute atomic E-state index is 12.5. The zero-order chi connectivity index (χ0) is 6.97. The van der Waals surface area contributed by atoms with E-state index in [4.69, 9.17) is 0 Å². The van der Waals surface area contributed by atoms with Crippen LogP contribution in [0.3, 0.4) is 0 Å². The number of aromatic amines is 1. The van der Waals surface area contributed by atoms with Crippen LogP contribution in [0.4, 0.5) is 4.39 Å². The molecule has 0 unspecified atom stereocenters. The van der Waals surface area contributed by atoms with Crippen molar-refractivity contribution < 1.29 is 4.39 Å². The van der Waals surface area contributed by atoms with Crippen LogP contribution < -0.4 is 0 Å². The third-order valence-corrected chi connectivity index (χ3v) is 1.38. The van der Waals surface area contributed by atoms with Crippen molar-refractivity contribution in [1.29, 1.82) is 0 Å². The van der Waals surface area contributed by atoms with Gasteiger partial charge in [-0.1, -0.05) is 7.43 Å². The number of halogens is 1. The van der Waals surface area contributed by atoms with Gasteiger partial charge in [0, 0.05) is 0 Å². The summed E-state index contributed by atoms with van der Waals surface area (Å²) in [5.41, 5.74) is 1.53. The molecule has 11 heavy (non-hydrogen) atoms. The Kier molecular flexibility index (Phi) is 1.89. The van der Waals surface area contributed by atoms with Gasteiger partial charge < -0.3 is 4.98 Å². The van der Waals surface area contributed by atoms with E-state index in [9.17, 15) is 4.39 Å². The number of benzene rings is 1. The minimum absolute atomic E-state index is 0. The topological polar surface area (TPSA) is 28.7 Å². The van der Waals surface area contributed by atoms with E-state index in [1.165, 1.54) is 12.1 Å². The van der Waals surface area contributed by atoms with Crippen molar-refractivity contribution in [1.82, 2.24) is 9.97 Å². The summed E-state index contributed by atoms with van der Waals surface area (Å²) in [6.07, 6.45) is 1.55. The smallest absolute Gasteiger partial charge is 0.125 e. The first-order valence-electron chi connectivity index (χ1n) is 2.95. The Morgan fingerprint density at radius 2 is 2.18 bits per heavy atom. The Hall–Kier alpha value is -1.38. The minimum Gasteiger partial charge on any atom is -0.345 e. The summed E-state index contributed by atoms with van der Waals surface area (Å²) in [6.45, 7) is 0. The molecule has 0 saturated heterocycles. The van der Waals surface area contributed by atoms with E-state index in [-0.39, 0.29) is 13.2 Å². The fourth-order valence-corrected chi connectivity index (χ4v) is 0.908. The van der Waals surface area contributed by atoms with E-state index in [0.717, 1.165) is 11.0 Å². The predicted molar refractivity (Wildman–Crippen MR) is 42.8 cm³/mol. The minimum atomic E-state index is -0.239. The molecule has 0 saturated carbocycles. The highest BCUT2D eigenvalue weighted by molar-refractivity contribution is 5.73. The molecule has 0 aliphatic rings. The second-order valence-corrected chi connectivity index (χ2v) is 2.06. The molecule has 0 fully saturated rings. The van der Waals surface area contributed by atoms with E-state index in [2.05, 4.69) is 9.97 Å². The summed E-state index contributed by atoms with van der Waals surface area (Å²) in [5, 5.41) is 0. The second-order valence-electron chi connectivity index (χ2n) is 2.06. The van der Waals surface area contributed by atoms with E-state index in [1.54, 1.807) is 12.4 Å². The molecule has 3 heteroatoms. The molecule has 58 valence electrons. The van der Waals surface area contributed by atoms with Crippen molar-refractivity contribution >= 4 is 11.0 Å². The largest absolute Gasteiger partial charge is 0.345 e. The number of nitrogens with one attached hydrogen (secondary N) is 1. The lowest BCUT2D eigenvalue weighted by atomic mass is 10.3. The summed E-state index contributed by atoms with van der Waals surface area (Å²) in [7, 11) is 0. The Balaban J connectivity index is 0.000000605. The maximum Gasteiger partial charge on any atom is 0.125 e. The molecular weight excluding hydrogens is 143 g/mol. The normalized spacial score (nSPS) is 9.55. The van der Waals surface area contributed by atoms with Crippen molar-refractivity contribution in [2.45, 2.75) is 7.43 Å². The molecule has 0 spiro atoms. The molecule has 2 aromatic rings. The van der Waals surface area contributed by atoms with Crippen LogP contribution in [0.1, 0.15) is 7.43 Å². The van der Waals surface area contributed by atoms with Crippen LogP contribution in [0, 0.1) is 5.82 Å². The van der Waals surface area contributed by atoms with Crippen LogP contribution in [0.2, 0.25) is 0 Å². The van der Waals surface area contributed by atoms with Gasteiger partial charge in [-0.2, -0.15) is 0 Å². The lowest BCUT2D eigenvalue weighted by Gasteiger charge is -1.86. The first kappa shape index (κ1) is 7.72. The van der Waals surface area contributed by atoms with Gasteiger partial charge in [-0.25, -0.2) is 9.37 Å². The van der Waals surface area contributed by atoms with Gasteiger partial charge in [-0.3, -0.25) is 0 Å². The lowest BCUT2D eigenvalue weighted by molar-refractivity contribution is 0.629. The fraction of sp³-hybridized carbons (Fsp3) is 0.125. The highest BCUT2D eigenvalue weighted by Gasteiger charge is 1.94. The summed E-state index contributed by atoms with van der Waals surface area (Å²) in [4.78, 5) is 6.75. The number of rotatable bonds is 0. The third-order valence-electron chi connectivity index (χ3n) is 1.38. The molecule has 1 heterocycles. The SMILES string of the molecule is C.Fc1ccc2nc[nH]c2c1. The monoisotopic (exact) mass is 152 g/mol. The molecule has 1 aromatic heterocycles. The van der Waals surface area contributed by atoms with E-state index < -0.39 is 0 Å². The molecule has 2 rings (SSSR count). The molecule has 0 radical (unpaired) electrons. The van der Waals surface area contributed by atoms with E-state index in [1.807, 2.05) is 0 Å². The van der Waals surface area contributed by atoms with Crippen LogP contribution in [0.15, 0.2) is 24.5 Å². The van der Waals surface area contributed by atoms with Gasteiger partial charge in [-0.05, 0) is 18.2 Å². The van der Waals surface area contributed by atoms with Crippen LogP contribution in [0.5, 0.6) is 0 Å². The van der Waals surface area contributed by atoms with Gasteiger partial charge in [0.15, 0.2) is 0 Å². The van der Waals surface area contributed by atoms with E-state index in [0.29, 0.717) is 0 Å². The maximum atomic E-state index is 12.5. The molecule has 0 aliphatic carbocycles. The number of hydrogen-bond acceptors (Lipinski definition) is 1. The van der Waals surface area contributed by atoms with E-state index >= 15 is 0 Å². The first-order chi connectivity index (χ1) is 4.86. The summed E-state index contributed by atoms with van der Waals surface area (Å²) >= 11 is 0. The van der Waals surface area contributed by atoms with Gasteiger partial charge in [-0.15, -0.1) is 0 Å². The fourth-order valence-electron chi connectivity index (χ4n) is 0.908. The lowest BCUT2D eigenvalue weighted by Crippen LogP contribution is -1.72. The van der Waals surface area contributed by atoms with Crippen LogP contribution in [-0.4, -0.2) is 9.97 Å². The number of imidazole rings is 1. The average Bonchev–Trinajstić information content (AvgIpc) is 2.33. The molecule has 0 amide bonds. The second kappa shape index (κ2) is 2.70. The Bertz CT molecular complexity index is 354. The van der Waals surface area contributed by atoms with Gasteiger partial charge in [0.05, 0.1) is 17.4 Å². The number of fused-ring (bicyclic) bond motifs is 1. The molecule has 1 N–H and O–H groups in total. The van der Waals surface area contributed by atoms with Crippen molar-refractivity contribution in [2.75, 3.05) is 0 Å². The molecule has 0 aliphatic heterocycles. The summed E-state index contributed by atoms with van der Waals surface area (Å²) < 4.78 is 12.5. The van der Waals surface area contributed by atoms with Gasteiger partial charge in [0.25, 0.3) is 0 Å². The molecule has 0 atom stereocenters. The van der Waals surface area contributed by atoms with Crippen molar-refractivity contribution in [3.63, 3.8) is 0 Å². The highest BCUT2D eigenvalue weighted by Crippen LogP contribution is 2.09. The van der Waals surface area contributed by atoms with Gasteiger partial charge in [0.1, 0.15) is 5.82 Å².